The van der Waals surface area contributed by atoms with Crippen molar-refractivity contribution in [2.45, 2.75) is 13.0 Å². The van der Waals surface area contributed by atoms with Gasteiger partial charge in [0.1, 0.15) is 5.75 Å². The molecule has 0 fully saturated rings. The molecule has 26 heavy (non-hydrogen) atoms. The molecule has 0 spiro atoms. The van der Waals surface area contributed by atoms with Crippen molar-refractivity contribution in [2.24, 2.45) is 0 Å². The second kappa shape index (κ2) is 9.41. The molecule has 0 radical (unpaired) electrons. The predicted octanol–water partition coefficient (Wildman–Crippen LogP) is 4.09. The molecule has 1 amide bonds. The molecule has 138 valence electrons. The van der Waals surface area contributed by atoms with Gasteiger partial charge in [0.25, 0.3) is 0 Å². The largest absolute Gasteiger partial charge is 0.496 e. The van der Waals surface area contributed by atoms with E-state index >= 15 is 0 Å². The summed E-state index contributed by atoms with van der Waals surface area (Å²) in [5.74, 6) is 0.578. The Hall–Kier alpha value is -2.30. The molecule has 5 heteroatoms. The number of methoxy groups -OCH3 is 1. The lowest BCUT2D eigenvalue weighted by Gasteiger charge is -2.25. The normalized spacial score (nSPS) is 12.4. The molecule has 0 heterocycles. The number of carbonyl (C=O) groups is 1. The highest BCUT2D eigenvalue weighted by atomic mass is 35.5. The van der Waals surface area contributed by atoms with Crippen molar-refractivity contribution >= 4 is 23.6 Å². The van der Waals surface area contributed by atoms with Gasteiger partial charge in [-0.2, -0.15) is 0 Å². The van der Waals surface area contributed by atoms with Crippen LogP contribution in [-0.2, 0) is 4.79 Å². The van der Waals surface area contributed by atoms with Crippen molar-refractivity contribution in [3.8, 4) is 5.75 Å². The van der Waals surface area contributed by atoms with E-state index in [0.29, 0.717) is 11.6 Å². The number of likely N-dealkylation sites (N-methyl/N-ethyl adjacent to an activating group) is 1. The van der Waals surface area contributed by atoms with Gasteiger partial charge in [0, 0.05) is 23.2 Å². The SMILES string of the molecule is COc1ccc(C)cc1C=CC(=O)NCC(c1ccccc1Cl)N(C)C. The van der Waals surface area contributed by atoms with Crippen LogP contribution >= 0.6 is 11.6 Å². The topological polar surface area (TPSA) is 41.6 Å². The van der Waals surface area contributed by atoms with Crippen molar-refractivity contribution in [2.75, 3.05) is 27.7 Å². The number of halogens is 1. The molecular weight excluding hydrogens is 348 g/mol. The Morgan fingerprint density at radius 2 is 2.00 bits per heavy atom. The van der Waals surface area contributed by atoms with E-state index in [1.165, 1.54) is 6.08 Å². The van der Waals surface area contributed by atoms with Crippen molar-refractivity contribution < 1.29 is 9.53 Å². The monoisotopic (exact) mass is 372 g/mol. The second-order valence-corrected chi connectivity index (χ2v) is 6.73. The van der Waals surface area contributed by atoms with Crippen LogP contribution < -0.4 is 10.1 Å². The van der Waals surface area contributed by atoms with Crippen LogP contribution in [0.5, 0.6) is 5.75 Å². The zero-order chi connectivity index (χ0) is 19.1. The van der Waals surface area contributed by atoms with Crippen LogP contribution in [0.2, 0.25) is 5.02 Å². The number of hydrogen-bond acceptors (Lipinski definition) is 3. The molecule has 0 saturated heterocycles. The molecule has 0 aliphatic heterocycles. The van der Waals surface area contributed by atoms with E-state index < -0.39 is 0 Å². The van der Waals surface area contributed by atoms with E-state index in [1.54, 1.807) is 13.2 Å². The molecule has 4 nitrogen and oxygen atoms in total. The molecule has 1 N–H and O–H groups in total. The van der Waals surface area contributed by atoms with E-state index in [2.05, 4.69) is 5.32 Å². The minimum absolute atomic E-state index is 0.00504. The number of nitrogens with one attached hydrogen (secondary N) is 1. The molecule has 1 atom stereocenters. The first-order valence-corrected chi connectivity index (χ1v) is 8.81. The zero-order valence-corrected chi connectivity index (χ0v) is 16.4. The third kappa shape index (κ3) is 5.35. The number of ether oxygens (including phenoxy) is 1. The first-order chi connectivity index (χ1) is 12.4. The van der Waals surface area contributed by atoms with Crippen LogP contribution in [0, 0.1) is 6.92 Å². The average Bonchev–Trinajstić information content (AvgIpc) is 2.61. The Balaban J connectivity index is 2.05. The van der Waals surface area contributed by atoms with Gasteiger partial charge in [-0.25, -0.2) is 0 Å². The predicted molar refractivity (Wildman–Crippen MR) is 108 cm³/mol. The number of aryl methyl sites for hydroxylation is 1. The Morgan fingerprint density at radius 1 is 1.27 bits per heavy atom. The smallest absolute Gasteiger partial charge is 0.244 e. The molecule has 0 aliphatic carbocycles. The van der Waals surface area contributed by atoms with Crippen LogP contribution in [0.15, 0.2) is 48.5 Å². The molecule has 2 rings (SSSR count). The zero-order valence-electron chi connectivity index (χ0n) is 15.6. The van der Waals surface area contributed by atoms with Gasteiger partial charge in [-0.05, 0) is 50.9 Å². The number of amides is 1. The second-order valence-electron chi connectivity index (χ2n) is 6.32. The fourth-order valence-corrected chi connectivity index (χ4v) is 2.98. The van der Waals surface area contributed by atoms with Crippen molar-refractivity contribution in [3.05, 3.63) is 70.3 Å². The number of hydrogen-bond donors (Lipinski definition) is 1. The van der Waals surface area contributed by atoms with Gasteiger partial charge in [0.05, 0.1) is 13.2 Å². The van der Waals surface area contributed by atoms with Crippen LogP contribution in [0.1, 0.15) is 22.7 Å². The molecule has 0 aromatic heterocycles. The summed E-state index contributed by atoms with van der Waals surface area (Å²) in [7, 11) is 5.55. The van der Waals surface area contributed by atoms with Gasteiger partial charge in [-0.3, -0.25) is 4.79 Å². The summed E-state index contributed by atoms with van der Waals surface area (Å²) in [5.41, 5.74) is 2.97. The van der Waals surface area contributed by atoms with Gasteiger partial charge in [-0.1, -0.05) is 41.4 Å². The molecular formula is C21H25ClN2O2. The Kier molecular flexibility index (Phi) is 7.25. The minimum atomic E-state index is -0.160. The maximum absolute atomic E-state index is 12.3. The Labute approximate surface area is 160 Å². The summed E-state index contributed by atoms with van der Waals surface area (Å²) < 4.78 is 5.33. The molecule has 0 aliphatic rings. The van der Waals surface area contributed by atoms with Gasteiger partial charge in [0.2, 0.25) is 5.91 Å². The minimum Gasteiger partial charge on any atom is -0.496 e. The van der Waals surface area contributed by atoms with Crippen LogP contribution in [0.3, 0.4) is 0 Å². The van der Waals surface area contributed by atoms with Gasteiger partial charge >= 0.3 is 0 Å². The van der Waals surface area contributed by atoms with E-state index in [-0.39, 0.29) is 11.9 Å². The molecule has 2 aromatic carbocycles. The lowest BCUT2D eigenvalue weighted by atomic mass is 10.1. The number of benzene rings is 2. The fourth-order valence-electron chi connectivity index (χ4n) is 2.72. The van der Waals surface area contributed by atoms with Gasteiger partial charge < -0.3 is 15.0 Å². The Bertz CT molecular complexity index is 787. The van der Waals surface area contributed by atoms with Gasteiger partial charge in [0.15, 0.2) is 0 Å². The maximum Gasteiger partial charge on any atom is 0.244 e. The van der Waals surface area contributed by atoms with E-state index in [1.807, 2.05) is 68.4 Å². The highest BCUT2D eigenvalue weighted by Gasteiger charge is 2.17. The third-order valence-electron chi connectivity index (χ3n) is 4.16. The molecule has 1 unspecified atom stereocenters. The lowest BCUT2D eigenvalue weighted by molar-refractivity contribution is -0.116. The first-order valence-electron chi connectivity index (χ1n) is 8.43. The summed E-state index contributed by atoms with van der Waals surface area (Å²) in [4.78, 5) is 14.3. The standard InChI is InChI=1S/C21H25ClN2O2/c1-15-9-11-20(26-4)16(13-15)10-12-21(25)23-14-19(24(2)3)17-7-5-6-8-18(17)22/h5-13,19H,14H2,1-4H3,(H,23,25). The van der Waals surface area contributed by atoms with Crippen molar-refractivity contribution in [1.29, 1.82) is 0 Å². The molecule has 2 aromatic rings. The van der Waals surface area contributed by atoms with E-state index in [4.69, 9.17) is 16.3 Å². The fraction of sp³-hybridized carbons (Fsp3) is 0.286. The highest BCUT2D eigenvalue weighted by molar-refractivity contribution is 6.31. The number of carbonyl (C=O) groups excluding carboxylic acids is 1. The van der Waals surface area contributed by atoms with Gasteiger partial charge in [-0.15, -0.1) is 0 Å². The van der Waals surface area contributed by atoms with E-state index in [9.17, 15) is 4.79 Å². The third-order valence-corrected chi connectivity index (χ3v) is 4.50. The van der Waals surface area contributed by atoms with Crippen LogP contribution in [0.25, 0.3) is 6.08 Å². The Morgan fingerprint density at radius 3 is 2.65 bits per heavy atom. The number of nitrogens with zero attached hydrogens (tertiary/aromatic N) is 1. The van der Waals surface area contributed by atoms with Crippen molar-refractivity contribution in [1.82, 2.24) is 10.2 Å². The van der Waals surface area contributed by atoms with Crippen LogP contribution in [-0.4, -0.2) is 38.6 Å². The summed E-state index contributed by atoms with van der Waals surface area (Å²) >= 11 is 6.30. The lowest BCUT2D eigenvalue weighted by Crippen LogP contribution is -2.33. The summed E-state index contributed by atoms with van der Waals surface area (Å²) in [6.07, 6.45) is 3.29. The summed E-state index contributed by atoms with van der Waals surface area (Å²) in [5, 5.41) is 3.64. The van der Waals surface area contributed by atoms with E-state index in [0.717, 1.165) is 22.4 Å². The molecule has 0 saturated carbocycles. The maximum atomic E-state index is 12.3. The average molecular weight is 373 g/mol. The summed E-state index contributed by atoms with van der Waals surface area (Å²) in [6, 6.07) is 13.5. The quantitative estimate of drug-likeness (QED) is 0.744. The number of rotatable bonds is 7. The van der Waals surface area contributed by atoms with Crippen molar-refractivity contribution in [3.63, 3.8) is 0 Å². The highest BCUT2D eigenvalue weighted by Crippen LogP contribution is 2.25. The molecule has 0 bridgehead atoms. The first kappa shape index (κ1) is 20.0. The summed E-state index contributed by atoms with van der Waals surface area (Å²) in [6.45, 7) is 2.47. The van der Waals surface area contributed by atoms with Crippen LogP contribution in [0.4, 0.5) is 0 Å².